The van der Waals surface area contributed by atoms with Gasteiger partial charge in [0.1, 0.15) is 0 Å². The molecule has 0 fully saturated rings. The van der Waals surface area contributed by atoms with Crippen molar-refractivity contribution in [1.29, 1.82) is 0 Å². The van der Waals surface area contributed by atoms with Gasteiger partial charge in [-0.05, 0) is 41.5 Å². The maximum Gasteiger partial charge on any atom is 0.214 e. The fraction of sp³-hybridized carbons (Fsp3) is 0.167. The van der Waals surface area contributed by atoms with E-state index in [1.807, 2.05) is 18.2 Å². The maximum absolute atomic E-state index is 4.13. The second-order valence-electron chi connectivity index (χ2n) is 5.29. The molecule has 3 rings (SSSR count). The van der Waals surface area contributed by atoms with Crippen molar-refractivity contribution in [2.45, 2.75) is 19.0 Å². The van der Waals surface area contributed by atoms with Gasteiger partial charge in [0.2, 0.25) is 5.16 Å². The van der Waals surface area contributed by atoms with E-state index in [4.69, 9.17) is 0 Å². The van der Waals surface area contributed by atoms with Crippen LogP contribution in [0.5, 0.6) is 0 Å². The summed E-state index contributed by atoms with van der Waals surface area (Å²) in [5.41, 5.74) is 4.62. The van der Waals surface area contributed by atoms with Gasteiger partial charge >= 0.3 is 0 Å². The summed E-state index contributed by atoms with van der Waals surface area (Å²) in [6, 6.07) is 16.5. The van der Waals surface area contributed by atoms with Gasteiger partial charge < -0.3 is 0 Å². The van der Waals surface area contributed by atoms with E-state index in [0.29, 0.717) is 0 Å². The van der Waals surface area contributed by atoms with Crippen LogP contribution in [0.15, 0.2) is 59.8 Å². The standard InChI is InChI=1S/C18H18N4S/c1-14-10-11-17(15(2)13-14)22-18(19-20-21-22)23-12-6-9-16-7-4-3-5-8-16/h3-11,13H,12H2,1-2H3/b9-6+. The lowest BCUT2D eigenvalue weighted by atomic mass is 10.1. The lowest BCUT2D eigenvalue weighted by molar-refractivity contribution is 0.752. The predicted molar refractivity (Wildman–Crippen MR) is 94.8 cm³/mol. The fourth-order valence-corrected chi connectivity index (χ4v) is 3.03. The molecule has 2 aromatic carbocycles. The molecule has 116 valence electrons. The molecule has 0 saturated carbocycles. The summed E-state index contributed by atoms with van der Waals surface area (Å²) in [4.78, 5) is 0. The highest BCUT2D eigenvalue weighted by Crippen LogP contribution is 2.21. The van der Waals surface area contributed by atoms with Crippen LogP contribution in [0.3, 0.4) is 0 Å². The molecule has 4 nitrogen and oxygen atoms in total. The third-order valence-electron chi connectivity index (χ3n) is 3.44. The molecule has 0 radical (unpaired) electrons. The smallest absolute Gasteiger partial charge is 0.187 e. The van der Waals surface area contributed by atoms with Crippen LogP contribution >= 0.6 is 11.8 Å². The summed E-state index contributed by atoms with van der Waals surface area (Å²) in [5, 5.41) is 12.9. The molecule has 0 bridgehead atoms. The minimum Gasteiger partial charge on any atom is -0.187 e. The van der Waals surface area contributed by atoms with Crippen molar-refractivity contribution in [2.75, 3.05) is 5.75 Å². The van der Waals surface area contributed by atoms with E-state index in [-0.39, 0.29) is 0 Å². The van der Waals surface area contributed by atoms with Crippen LogP contribution in [0.25, 0.3) is 11.8 Å². The van der Waals surface area contributed by atoms with Crippen LogP contribution in [-0.4, -0.2) is 26.0 Å². The number of hydrogen-bond acceptors (Lipinski definition) is 4. The Morgan fingerprint density at radius 3 is 2.70 bits per heavy atom. The highest BCUT2D eigenvalue weighted by Gasteiger charge is 2.10. The van der Waals surface area contributed by atoms with E-state index < -0.39 is 0 Å². The van der Waals surface area contributed by atoms with Gasteiger partial charge in [-0.25, -0.2) is 0 Å². The molecule has 3 aromatic rings. The number of aromatic nitrogens is 4. The minimum atomic E-state index is 0.801. The van der Waals surface area contributed by atoms with Crippen molar-refractivity contribution >= 4 is 17.8 Å². The van der Waals surface area contributed by atoms with E-state index in [1.165, 1.54) is 16.7 Å². The monoisotopic (exact) mass is 322 g/mol. The topological polar surface area (TPSA) is 43.6 Å². The lowest BCUT2D eigenvalue weighted by Gasteiger charge is -2.07. The molecule has 0 N–H and O–H groups in total. The van der Waals surface area contributed by atoms with Gasteiger partial charge in [0, 0.05) is 5.75 Å². The Labute approximate surface area is 140 Å². The van der Waals surface area contributed by atoms with Gasteiger partial charge in [-0.15, -0.1) is 5.10 Å². The molecule has 5 heteroatoms. The molecule has 0 saturated heterocycles. The number of tetrazole rings is 1. The number of thioether (sulfide) groups is 1. The van der Waals surface area contributed by atoms with Crippen LogP contribution in [0.2, 0.25) is 0 Å². The van der Waals surface area contributed by atoms with Crippen molar-refractivity contribution in [3.63, 3.8) is 0 Å². The molecule has 0 unspecified atom stereocenters. The Morgan fingerprint density at radius 1 is 1.09 bits per heavy atom. The summed E-state index contributed by atoms with van der Waals surface area (Å²) in [5.74, 6) is 0.820. The first kappa shape index (κ1) is 15.5. The Kier molecular flexibility index (Phi) is 4.88. The molecule has 0 aliphatic carbocycles. The van der Waals surface area contributed by atoms with Gasteiger partial charge in [0.05, 0.1) is 5.69 Å². The van der Waals surface area contributed by atoms with Gasteiger partial charge in [0.25, 0.3) is 0 Å². The Morgan fingerprint density at radius 2 is 1.91 bits per heavy atom. The molecule has 0 amide bonds. The molecule has 0 aliphatic rings. The molecule has 1 heterocycles. The number of benzene rings is 2. The molecule has 0 atom stereocenters. The maximum atomic E-state index is 4.13. The zero-order chi connectivity index (χ0) is 16.1. The van der Waals surface area contributed by atoms with E-state index in [9.17, 15) is 0 Å². The largest absolute Gasteiger partial charge is 0.214 e. The van der Waals surface area contributed by atoms with Crippen LogP contribution < -0.4 is 0 Å². The van der Waals surface area contributed by atoms with Gasteiger partial charge in [-0.2, -0.15) is 4.68 Å². The zero-order valence-electron chi connectivity index (χ0n) is 13.2. The molecular weight excluding hydrogens is 304 g/mol. The third-order valence-corrected chi connectivity index (χ3v) is 4.31. The first-order chi connectivity index (χ1) is 11.2. The molecule has 0 spiro atoms. The first-order valence-corrected chi connectivity index (χ1v) is 8.43. The zero-order valence-corrected chi connectivity index (χ0v) is 14.0. The van der Waals surface area contributed by atoms with Gasteiger partial charge in [-0.1, -0.05) is 71.9 Å². The van der Waals surface area contributed by atoms with Crippen molar-refractivity contribution < 1.29 is 0 Å². The minimum absolute atomic E-state index is 0.801. The number of nitrogens with zero attached hydrogens (tertiary/aromatic N) is 4. The third kappa shape index (κ3) is 3.87. The fourth-order valence-electron chi connectivity index (χ4n) is 2.33. The molecule has 1 aromatic heterocycles. The summed E-state index contributed by atoms with van der Waals surface area (Å²) in [7, 11) is 0. The van der Waals surface area contributed by atoms with E-state index in [1.54, 1.807) is 16.4 Å². The summed E-state index contributed by atoms with van der Waals surface area (Å²) in [6.45, 7) is 4.16. The Bertz CT molecular complexity index is 809. The van der Waals surface area contributed by atoms with Crippen molar-refractivity contribution in [3.8, 4) is 5.69 Å². The van der Waals surface area contributed by atoms with E-state index >= 15 is 0 Å². The Hall–Kier alpha value is -2.40. The first-order valence-electron chi connectivity index (χ1n) is 7.44. The van der Waals surface area contributed by atoms with Crippen LogP contribution in [-0.2, 0) is 0 Å². The van der Waals surface area contributed by atoms with Crippen molar-refractivity contribution in [1.82, 2.24) is 20.2 Å². The average Bonchev–Trinajstić information content (AvgIpc) is 3.01. The Balaban J connectivity index is 1.70. The highest BCUT2D eigenvalue weighted by atomic mass is 32.2. The average molecular weight is 322 g/mol. The summed E-state index contributed by atoms with van der Waals surface area (Å²) >= 11 is 1.62. The number of rotatable bonds is 5. The summed E-state index contributed by atoms with van der Waals surface area (Å²) < 4.78 is 1.80. The van der Waals surface area contributed by atoms with Crippen molar-refractivity contribution in [3.05, 3.63) is 71.3 Å². The van der Waals surface area contributed by atoms with Crippen LogP contribution in [0.4, 0.5) is 0 Å². The van der Waals surface area contributed by atoms with Crippen molar-refractivity contribution in [2.24, 2.45) is 0 Å². The molecular formula is C18H18N4S. The lowest BCUT2D eigenvalue weighted by Crippen LogP contribution is -2.01. The quantitative estimate of drug-likeness (QED) is 0.664. The van der Waals surface area contributed by atoms with Crippen LogP contribution in [0.1, 0.15) is 16.7 Å². The van der Waals surface area contributed by atoms with Crippen LogP contribution in [0, 0.1) is 13.8 Å². The number of hydrogen-bond donors (Lipinski definition) is 0. The highest BCUT2D eigenvalue weighted by molar-refractivity contribution is 7.99. The van der Waals surface area contributed by atoms with E-state index in [0.717, 1.165) is 16.6 Å². The predicted octanol–water partition coefficient (Wildman–Crippen LogP) is 4.08. The van der Waals surface area contributed by atoms with Gasteiger partial charge in [0.15, 0.2) is 0 Å². The SMILES string of the molecule is Cc1ccc(-n2nnnc2SC/C=C/c2ccccc2)c(C)c1. The second-order valence-corrected chi connectivity index (χ2v) is 6.27. The molecule has 0 aliphatic heterocycles. The van der Waals surface area contributed by atoms with E-state index in [2.05, 4.69) is 71.9 Å². The summed E-state index contributed by atoms with van der Waals surface area (Å²) in [6.07, 6.45) is 4.24. The second kappa shape index (κ2) is 7.24. The van der Waals surface area contributed by atoms with Gasteiger partial charge in [-0.3, -0.25) is 0 Å². The number of aryl methyl sites for hydroxylation is 2. The molecule has 23 heavy (non-hydrogen) atoms. The normalized spacial score (nSPS) is 11.2.